The van der Waals surface area contributed by atoms with E-state index in [1.807, 2.05) is 23.6 Å². The van der Waals surface area contributed by atoms with E-state index < -0.39 is 12.3 Å². The highest BCUT2D eigenvalue weighted by atomic mass is 19.4. The van der Waals surface area contributed by atoms with Crippen LogP contribution in [-0.2, 0) is 11.2 Å². The molecule has 0 aliphatic carbocycles. The maximum atomic E-state index is 13.5. The SMILES string of the molecule is C[C@@H](c1ccc(F)cc1)n1c(Nc2ccc(OC(F)(F)F)cc2)nc2cc(CCC(=O)O)ccc21. The van der Waals surface area contributed by atoms with E-state index in [1.165, 1.54) is 36.4 Å². The number of nitrogens with zero attached hydrogens (tertiary/aromatic N) is 2. The average Bonchev–Trinajstić information content (AvgIpc) is 3.15. The highest BCUT2D eigenvalue weighted by Crippen LogP contribution is 2.32. The summed E-state index contributed by atoms with van der Waals surface area (Å²) in [5, 5.41) is 12.1. The first kappa shape index (κ1) is 24.1. The van der Waals surface area contributed by atoms with Crippen molar-refractivity contribution in [3.63, 3.8) is 0 Å². The number of halogens is 4. The first-order valence-corrected chi connectivity index (χ1v) is 10.7. The van der Waals surface area contributed by atoms with Crippen LogP contribution >= 0.6 is 0 Å². The monoisotopic (exact) mass is 487 g/mol. The minimum absolute atomic E-state index is 0.0182. The smallest absolute Gasteiger partial charge is 0.481 e. The van der Waals surface area contributed by atoms with E-state index in [4.69, 9.17) is 5.11 Å². The van der Waals surface area contributed by atoms with Crippen LogP contribution in [0.2, 0.25) is 0 Å². The van der Waals surface area contributed by atoms with Crippen LogP contribution in [0.5, 0.6) is 5.75 Å². The number of anilines is 2. The molecule has 0 radical (unpaired) electrons. The fourth-order valence-electron chi connectivity index (χ4n) is 3.79. The predicted molar refractivity (Wildman–Crippen MR) is 122 cm³/mol. The highest BCUT2D eigenvalue weighted by Gasteiger charge is 2.31. The van der Waals surface area contributed by atoms with Gasteiger partial charge in [-0.1, -0.05) is 18.2 Å². The fraction of sp³-hybridized carbons (Fsp3) is 0.200. The Morgan fingerprint density at radius 3 is 2.40 bits per heavy atom. The summed E-state index contributed by atoms with van der Waals surface area (Å²) in [6.45, 7) is 1.91. The summed E-state index contributed by atoms with van der Waals surface area (Å²) in [6, 6.07) is 16.5. The number of carboxylic acid groups (broad SMARTS) is 1. The van der Waals surface area contributed by atoms with Gasteiger partial charge in [0.25, 0.3) is 0 Å². The predicted octanol–water partition coefficient (Wildman–Crippen LogP) is 6.44. The third-order valence-corrected chi connectivity index (χ3v) is 5.47. The standard InChI is InChI=1S/C25H21F4N3O3/c1-15(17-4-6-18(26)7-5-17)32-22-12-2-16(3-13-23(33)34)14-21(22)31-24(32)30-19-8-10-20(11-9-19)35-25(27,28)29/h2,4-12,14-15H,3,13H2,1H3,(H,30,31)(H,33,34)/t15-/m0/s1. The van der Waals surface area contributed by atoms with Crippen LogP contribution in [0.3, 0.4) is 0 Å². The van der Waals surface area contributed by atoms with Crippen molar-refractivity contribution in [1.82, 2.24) is 9.55 Å². The minimum atomic E-state index is -4.79. The van der Waals surface area contributed by atoms with E-state index in [9.17, 15) is 22.4 Å². The Labute approximate surface area is 197 Å². The van der Waals surface area contributed by atoms with Gasteiger partial charge in [0.05, 0.1) is 17.1 Å². The second-order valence-corrected chi connectivity index (χ2v) is 7.95. The van der Waals surface area contributed by atoms with Gasteiger partial charge in [0.2, 0.25) is 5.95 Å². The van der Waals surface area contributed by atoms with Gasteiger partial charge in [-0.15, -0.1) is 13.2 Å². The van der Waals surface area contributed by atoms with E-state index in [-0.39, 0.29) is 24.0 Å². The number of carboxylic acids is 1. The number of carbonyl (C=O) groups is 1. The van der Waals surface area contributed by atoms with Crippen LogP contribution in [-0.4, -0.2) is 27.0 Å². The number of hydrogen-bond acceptors (Lipinski definition) is 4. The van der Waals surface area contributed by atoms with Gasteiger partial charge in [-0.3, -0.25) is 4.79 Å². The Bertz CT molecular complexity index is 1330. The minimum Gasteiger partial charge on any atom is -0.481 e. The van der Waals surface area contributed by atoms with Crippen molar-refractivity contribution in [3.05, 3.63) is 83.7 Å². The molecule has 0 saturated heterocycles. The summed E-state index contributed by atoms with van der Waals surface area (Å²) < 4.78 is 56.7. The first-order valence-electron chi connectivity index (χ1n) is 10.7. The average molecular weight is 487 g/mol. The molecule has 4 aromatic rings. The molecule has 1 atom stereocenters. The molecule has 6 nitrogen and oxygen atoms in total. The summed E-state index contributed by atoms with van der Waals surface area (Å²) >= 11 is 0. The lowest BCUT2D eigenvalue weighted by Crippen LogP contribution is -2.17. The number of aliphatic carboxylic acids is 1. The molecule has 4 rings (SSSR count). The Morgan fingerprint density at radius 1 is 1.09 bits per heavy atom. The van der Waals surface area contributed by atoms with E-state index in [0.717, 1.165) is 16.6 Å². The van der Waals surface area contributed by atoms with Crippen LogP contribution in [0, 0.1) is 5.82 Å². The second-order valence-electron chi connectivity index (χ2n) is 7.95. The summed E-state index contributed by atoms with van der Waals surface area (Å²) in [7, 11) is 0. The Balaban J connectivity index is 1.71. The molecule has 0 amide bonds. The number of aromatic nitrogens is 2. The summed E-state index contributed by atoms with van der Waals surface area (Å²) in [5.74, 6) is -1.20. The molecule has 0 aliphatic rings. The number of alkyl halides is 3. The molecule has 182 valence electrons. The highest BCUT2D eigenvalue weighted by molar-refractivity contribution is 5.81. The van der Waals surface area contributed by atoms with Crippen LogP contribution < -0.4 is 10.1 Å². The molecule has 10 heteroatoms. The van der Waals surface area contributed by atoms with Crippen molar-refractivity contribution in [3.8, 4) is 5.75 Å². The van der Waals surface area contributed by atoms with E-state index in [2.05, 4.69) is 15.0 Å². The molecular weight excluding hydrogens is 466 g/mol. The van der Waals surface area contributed by atoms with Crippen molar-refractivity contribution < 1.29 is 32.2 Å². The summed E-state index contributed by atoms with van der Waals surface area (Å²) in [4.78, 5) is 15.6. The van der Waals surface area contributed by atoms with Gasteiger partial charge in [0, 0.05) is 12.1 Å². The van der Waals surface area contributed by atoms with E-state index in [1.54, 1.807) is 18.2 Å². The number of benzene rings is 3. The molecule has 0 aliphatic heterocycles. The Kier molecular flexibility index (Phi) is 6.63. The molecule has 0 fully saturated rings. The third kappa shape index (κ3) is 5.89. The zero-order valence-corrected chi connectivity index (χ0v) is 18.5. The van der Waals surface area contributed by atoms with Gasteiger partial charge < -0.3 is 19.7 Å². The quantitative estimate of drug-likeness (QED) is 0.280. The number of fused-ring (bicyclic) bond motifs is 1. The Hall–Kier alpha value is -4.08. The largest absolute Gasteiger partial charge is 0.573 e. The van der Waals surface area contributed by atoms with E-state index >= 15 is 0 Å². The summed E-state index contributed by atoms with van der Waals surface area (Å²) in [5.41, 5.74) is 3.46. The van der Waals surface area contributed by atoms with Gasteiger partial charge in [0.15, 0.2) is 0 Å². The maximum Gasteiger partial charge on any atom is 0.573 e. The van der Waals surface area contributed by atoms with Crippen molar-refractivity contribution >= 4 is 28.6 Å². The molecule has 0 unspecified atom stereocenters. The van der Waals surface area contributed by atoms with Gasteiger partial charge in [-0.25, -0.2) is 9.37 Å². The number of imidazole rings is 1. The Morgan fingerprint density at radius 2 is 1.77 bits per heavy atom. The van der Waals surface area contributed by atoms with Crippen molar-refractivity contribution in [2.45, 2.75) is 32.2 Å². The molecule has 0 saturated carbocycles. The lowest BCUT2D eigenvalue weighted by molar-refractivity contribution is -0.274. The van der Waals surface area contributed by atoms with Crippen LogP contribution in [0.25, 0.3) is 11.0 Å². The van der Waals surface area contributed by atoms with Gasteiger partial charge in [-0.05, 0) is 73.0 Å². The summed E-state index contributed by atoms with van der Waals surface area (Å²) in [6.07, 6.45) is -4.46. The zero-order valence-electron chi connectivity index (χ0n) is 18.5. The number of hydrogen-bond donors (Lipinski definition) is 2. The third-order valence-electron chi connectivity index (χ3n) is 5.47. The molecule has 0 spiro atoms. The van der Waals surface area contributed by atoms with Crippen LogP contribution in [0.4, 0.5) is 29.2 Å². The van der Waals surface area contributed by atoms with Crippen molar-refractivity contribution in [2.24, 2.45) is 0 Å². The van der Waals surface area contributed by atoms with Crippen LogP contribution in [0.15, 0.2) is 66.7 Å². The molecular formula is C25H21F4N3O3. The number of nitrogens with one attached hydrogen (secondary N) is 1. The molecule has 3 aromatic carbocycles. The number of ether oxygens (including phenoxy) is 1. The molecule has 0 bridgehead atoms. The zero-order chi connectivity index (χ0) is 25.2. The topological polar surface area (TPSA) is 76.4 Å². The number of aryl methyl sites for hydroxylation is 1. The lowest BCUT2D eigenvalue weighted by atomic mass is 10.1. The van der Waals surface area contributed by atoms with Gasteiger partial charge in [-0.2, -0.15) is 0 Å². The molecule has 1 aromatic heterocycles. The van der Waals surface area contributed by atoms with Crippen molar-refractivity contribution in [1.29, 1.82) is 0 Å². The van der Waals surface area contributed by atoms with Crippen LogP contribution in [0.1, 0.15) is 30.5 Å². The second kappa shape index (κ2) is 9.65. The maximum absolute atomic E-state index is 13.5. The van der Waals surface area contributed by atoms with Gasteiger partial charge in [0.1, 0.15) is 11.6 Å². The van der Waals surface area contributed by atoms with Crippen molar-refractivity contribution in [2.75, 3.05) is 5.32 Å². The first-order chi connectivity index (χ1) is 16.6. The molecule has 2 N–H and O–H groups in total. The molecule has 1 heterocycles. The van der Waals surface area contributed by atoms with E-state index in [0.29, 0.717) is 23.6 Å². The normalized spacial score (nSPS) is 12.5. The van der Waals surface area contributed by atoms with Gasteiger partial charge >= 0.3 is 12.3 Å². The number of rotatable bonds is 8. The lowest BCUT2D eigenvalue weighted by Gasteiger charge is -2.19. The molecule has 35 heavy (non-hydrogen) atoms. The fourth-order valence-corrected chi connectivity index (χ4v) is 3.79.